The van der Waals surface area contributed by atoms with Crippen LogP contribution in [0.2, 0.25) is 0 Å². The summed E-state index contributed by atoms with van der Waals surface area (Å²) in [4.78, 5) is 221. The van der Waals surface area contributed by atoms with E-state index in [0.717, 1.165) is 10.9 Å². The van der Waals surface area contributed by atoms with E-state index in [2.05, 4.69) is 99.4 Å². The number of halogens is 1. The number of phenols is 1. The fourth-order valence-corrected chi connectivity index (χ4v) is 16.0. The first kappa shape index (κ1) is 93.8. The van der Waals surface area contributed by atoms with Crippen LogP contribution in [-0.2, 0) is 89.7 Å². The molecule has 16 N–H and O–H groups in total. The first-order chi connectivity index (χ1) is 65.3. The third-order valence-electron chi connectivity index (χ3n) is 22.2. The highest BCUT2D eigenvalue weighted by Crippen LogP contribution is 2.46. The number of aromatic hydroxyl groups is 1. The fraction of sp³-hybridized carbons (Fsp3) is 0.233. The molecule has 137 heavy (non-hydrogen) atoms. The van der Waals surface area contributed by atoms with Gasteiger partial charge >= 0.3 is 0 Å². The van der Waals surface area contributed by atoms with Gasteiger partial charge in [-0.05, 0) is 72.0 Å². The minimum Gasteiger partial charge on any atom is -0.507 e. The zero-order valence-corrected chi connectivity index (χ0v) is 76.3. The number of carbonyl (C=O) groups excluding carboxylic acids is 15. The van der Waals surface area contributed by atoms with Crippen molar-refractivity contribution in [3.63, 3.8) is 0 Å². The first-order valence-electron chi connectivity index (χ1n) is 42.4. The number of rotatable bonds is 33. The summed E-state index contributed by atoms with van der Waals surface area (Å²) in [6, 6.07) is 24.7. The van der Waals surface area contributed by atoms with Gasteiger partial charge in [-0.1, -0.05) is 30.3 Å². The Morgan fingerprint density at radius 2 is 0.723 bits per heavy atom. The maximum atomic E-state index is 14.1. The molecule has 14 aromatic rings. The number of alkyl halides is 1. The molecule has 0 saturated carbocycles. The smallest absolute Gasteiger partial charge is 0.292 e. The molecule has 0 aliphatic carbocycles. The number of fused-ring (bicyclic) bond motifs is 4. The molecule has 47 heteroatoms. The van der Waals surface area contributed by atoms with Crippen LogP contribution in [-0.4, -0.2) is 196 Å². The number of amides is 15. The van der Waals surface area contributed by atoms with Crippen LogP contribution in [0.4, 0.5) is 68.8 Å². The van der Waals surface area contributed by atoms with E-state index in [4.69, 9.17) is 11.6 Å². The number of nitrogens with zero attached hydrogens (tertiary/aromatic N) is 15. The topological polar surface area (TPSA) is 565 Å². The summed E-state index contributed by atoms with van der Waals surface area (Å²) >= 11 is 6.43. The van der Waals surface area contributed by atoms with Crippen LogP contribution in [0.15, 0.2) is 153 Å². The summed E-state index contributed by atoms with van der Waals surface area (Å²) in [5.74, 6) is -8.16. The third kappa shape index (κ3) is 21.0. The van der Waals surface area contributed by atoms with E-state index in [9.17, 15) is 77.0 Å². The SMILES string of the molecule is CC(=O)Nc1cc(C(=O)Nc2cc(C(=O)Nc3cn(C)c(C(=O)Nc4cc(C(=O)NCCC(=O)Nc5cn(C)c(C(=O)Nc6cn(C)c(C(=O)NCCCC(=O)Nc7cc(C(=O)Nc8cc(C(=O)NCCC(=O)Nc9cn(C)c(C(=O)Nc%10cc(C(=O)Nc%11ccc%12cc(C(=O)N%13CC(CCl)c%14c%13cc(O)c%13ccccc%14%13)[nH]c%12c%11)n(C)c%10)n9)n(C)c8)n(C)c7)n6)n5)n(C)c4)n3)n(C)c2)n(C)c1. The molecule has 12 heterocycles. The molecule has 15 amide bonds. The van der Waals surface area contributed by atoms with Gasteiger partial charge in [0.2, 0.25) is 46.9 Å². The van der Waals surface area contributed by atoms with E-state index in [1.54, 1.807) is 109 Å². The largest absolute Gasteiger partial charge is 0.507 e. The molecular weight excluding hydrogens is 1790 g/mol. The van der Waals surface area contributed by atoms with Crippen molar-refractivity contribution in [1.29, 1.82) is 0 Å². The number of carbonyl (C=O) groups is 15. The second-order valence-electron chi connectivity index (χ2n) is 32.6. The average Bonchev–Trinajstić information content (AvgIpc) is 1.60. The molecule has 3 aromatic carbocycles. The van der Waals surface area contributed by atoms with Crippen LogP contribution in [0, 0.1) is 0 Å². The molecule has 0 saturated heterocycles. The molecule has 0 fully saturated rings. The molecule has 0 spiro atoms. The van der Waals surface area contributed by atoms with E-state index in [1.807, 2.05) is 24.3 Å². The normalized spacial score (nSPS) is 12.1. The first-order valence-corrected chi connectivity index (χ1v) is 43.0. The number of anilines is 12. The fourth-order valence-electron chi connectivity index (χ4n) is 15.8. The molecule has 706 valence electrons. The Morgan fingerprint density at radius 1 is 0.365 bits per heavy atom. The summed E-state index contributed by atoms with van der Waals surface area (Å²) in [5.41, 5.74) is 5.64. The Kier molecular flexibility index (Phi) is 26.9. The van der Waals surface area contributed by atoms with Gasteiger partial charge in [0.1, 0.15) is 45.6 Å². The zero-order chi connectivity index (χ0) is 97.8. The van der Waals surface area contributed by atoms with Gasteiger partial charge in [-0.15, -0.1) is 11.6 Å². The van der Waals surface area contributed by atoms with Crippen LogP contribution >= 0.6 is 11.6 Å². The Balaban J connectivity index is 0.440. The number of hydrogen-bond donors (Lipinski definition) is 16. The summed E-state index contributed by atoms with van der Waals surface area (Å²) in [6.07, 6.45) is 14.6. The minimum absolute atomic E-state index is 0.00362. The van der Waals surface area contributed by atoms with E-state index in [1.165, 1.54) is 148 Å². The Morgan fingerprint density at radius 3 is 1.16 bits per heavy atom. The van der Waals surface area contributed by atoms with Crippen molar-refractivity contribution in [1.82, 2.24) is 86.5 Å². The quantitative estimate of drug-likeness (QED) is 0.0141. The molecular formula is C90H93ClN30O16. The van der Waals surface area contributed by atoms with Crippen LogP contribution in [0.3, 0.4) is 0 Å². The van der Waals surface area contributed by atoms with Gasteiger partial charge < -0.3 is 135 Å². The monoisotopic (exact) mass is 1880 g/mol. The maximum Gasteiger partial charge on any atom is 0.292 e. The second-order valence-corrected chi connectivity index (χ2v) is 32.9. The number of aromatic nitrogens is 15. The van der Waals surface area contributed by atoms with Crippen molar-refractivity contribution in [2.75, 3.05) is 95.4 Å². The van der Waals surface area contributed by atoms with Crippen molar-refractivity contribution in [2.24, 2.45) is 70.5 Å². The standard InChI is InChI=1S/C90H93ClN30O16/c1-46(122)95-50-27-63(113(4)36-50)83(130)99-53-31-66(116(7)39-53)85(132)109-70-44-120(11)78(108-70)88(135)100-54-30-62(112(3)40-54)81(128)94-24-21-74(126)104-69-43-119(10)79(106-69)89(136)110-71-45-117(8)76(107-71)86(133)92-22-14-17-72(124)96-51-28-64(114(5)37-51)84(131)98-52-29-61(111(2)38-52)80(127)93-23-20-73(125)103-68-42-118(9)77(105-68)87(134)101-55-32-65(115(6)41-55)82(129)97-49-19-18-47-25-59(102-58(47)26-49)90(137)121-35-48(34-91)75-57-16-13-12-15-56(57)67(123)33-60(75)121/h12-13,15-16,18-19,25-33,36-45,48,102,123H,14,17,20-24,34-35H2,1-11H3,(H,92,133)(H,93,127)(H,94,128)(H,95,122)(H,96,124)(H,97,129)(H,98,131)(H,99,130)(H,100,135)(H,101,134)(H,103,125)(H,104,126)(H,109,132)(H,110,136). The van der Waals surface area contributed by atoms with Gasteiger partial charge in [0.05, 0.1) is 39.8 Å². The van der Waals surface area contributed by atoms with Crippen molar-refractivity contribution >= 4 is 191 Å². The maximum absolute atomic E-state index is 14.1. The molecule has 0 radical (unpaired) electrons. The highest BCUT2D eigenvalue weighted by molar-refractivity contribution is 6.20. The number of hydrogen-bond acceptors (Lipinski definition) is 20. The van der Waals surface area contributed by atoms with Gasteiger partial charge in [-0.25, -0.2) is 19.9 Å². The summed E-state index contributed by atoms with van der Waals surface area (Å²) in [7, 11) is 15.8. The van der Waals surface area contributed by atoms with E-state index >= 15 is 0 Å². The summed E-state index contributed by atoms with van der Waals surface area (Å²) < 4.78 is 14.5. The predicted octanol–water partition coefficient (Wildman–Crippen LogP) is 7.36. The van der Waals surface area contributed by atoms with Gasteiger partial charge in [0, 0.05) is 225 Å². The van der Waals surface area contributed by atoms with Crippen LogP contribution < -0.4 is 79.3 Å². The number of nitrogens with one attached hydrogen (secondary N) is 15. The molecule has 1 atom stereocenters. The number of aryl methyl sites for hydroxylation is 10. The lowest BCUT2D eigenvalue weighted by Crippen LogP contribution is -2.30. The number of benzene rings is 3. The highest BCUT2D eigenvalue weighted by atomic mass is 35.5. The summed E-state index contributed by atoms with van der Waals surface area (Å²) in [6.45, 7) is 1.49. The van der Waals surface area contributed by atoms with Crippen molar-refractivity contribution in [2.45, 2.75) is 38.5 Å². The number of H-pyrrole nitrogens is 1. The minimum atomic E-state index is -0.733. The number of aromatic amines is 1. The molecule has 1 aliphatic rings. The Hall–Kier alpha value is -17.9. The van der Waals surface area contributed by atoms with Crippen LogP contribution in [0.1, 0.15) is 160 Å². The lowest BCUT2D eigenvalue weighted by molar-refractivity contribution is -0.117. The molecule has 46 nitrogen and oxygen atoms in total. The van der Waals surface area contributed by atoms with Crippen molar-refractivity contribution in [3.8, 4) is 5.75 Å². The average molecular weight is 1890 g/mol. The lowest BCUT2D eigenvalue weighted by Gasteiger charge is -2.17. The molecule has 11 aromatic heterocycles. The van der Waals surface area contributed by atoms with Crippen molar-refractivity contribution < 1.29 is 77.0 Å². The number of imidazole rings is 4. The molecule has 0 bridgehead atoms. The lowest BCUT2D eigenvalue weighted by atomic mass is 9.95. The van der Waals surface area contributed by atoms with Gasteiger partial charge in [-0.2, -0.15) is 0 Å². The van der Waals surface area contributed by atoms with Crippen molar-refractivity contribution in [3.05, 3.63) is 222 Å². The molecule has 15 rings (SSSR count). The van der Waals surface area contributed by atoms with E-state index in [0.29, 0.717) is 57.0 Å². The molecule has 1 aliphatic heterocycles. The van der Waals surface area contributed by atoms with Gasteiger partial charge in [-0.3, -0.25) is 71.9 Å². The highest BCUT2D eigenvalue weighted by Gasteiger charge is 2.37. The number of phenolic OH excluding ortho intramolecular Hbond substituents is 1. The van der Waals surface area contributed by atoms with Gasteiger partial charge in [0.15, 0.2) is 23.3 Å². The van der Waals surface area contributed by atoms with Gasteiger partial charge in [0.25, 0.3) is 65.0 Å². The Bertz CT molecular complexity index is 7290. The Labute approximate surface area is 782 Å². The zero-order valence-electron chi connectivity index (χ0n) is 75.5. The van der Waals surface area contributed by atoms with Crippen LogP contribution in [0.5, 0.6) is 5.75 Å². The van der Waals surface area contributed by atoms with E-state index in [-0.39, 0.29) is 172 Å². The van der Waals surface area contributed by atoms with Crippen LogP contribution in [0.25, 0.3) is 21.7 Å². The third-order valence-corrected chi connectivity index (χ3v) is 22.6. The van der Waals surface area contributed by atoms with E-state index < -0.39 is 76.8 Å². The molecule has 1 unspecified atom stereocenters. The summed E-state index contributed by atoms with van der Waals surface area (Å²) in [5, 5.41) is 50.8. The second kappa shape index (κ2) is 39.3. The predicted molar refractivity (Wildman–Crippen MR) is 506 cm³/mol.